The van der Waals surface area contributed by atoms with Gasteiger partial charge in [0.05, 0.1) is 31.2 Å². The van der Waals surface area contributed by atoms with E-state index < -0.39 is 5.97 Å². The third kappa shape index (κ3) is 2.46. The molecule has 0 bridgehead atoms. The lowest BCUT2D eigenvalue weighted by Crippen LogP contribution is -2.00. The molecule has 0 atom stereocenters. The molecule has 0 aliphatic carbocycles. The lowest BCUT2D eigenvalue weighted by molar-refractivity contribution is -0.136. The summed E-state index contributed by atoms with van der Waals surface area (Å²) in [4.78, 5) is 14.4. The molecule has 5 nitrogen and oxygen atoms in total. The lowest BCUT2D eigenvalue weighted by Gasteiger charge is -1.96. The van der Waals surface area contributed by atoms with Gasteiger partial charge in [0.1, 0.15) is 5.76 Å². The molecule has 0 radical (unpaired) electrons. The summed E-state index contributed by atoms with van der Waals surface area (Å²) in [5.41, 5.74) is 0.550. The fourth-order valence-electron chi connectivity index (χ4n) is 1.32. The van der Waals surface area contributed by atoms with E-state index in [1.54, 1.807) is 23.4 Å². The summed E-state index contributed by atoms with van der Waals surface area (Å²) < 4.78 is 6.95. The van der Waals surface area contributed by atoms with Crippen molar-refractivity contribution in [2.24, 2.45) is 0 Å². The Hall–Kier alpha value is -2.04. The topological polar surface area (TPSA) is 68.3 Å². The van der Waals surface area contributed by atoms with Gasteiger partial charge in [0, 0.05) is 6.20 Å². The van der Waals surface area contributed by atoms with Crippen molar-refractivity contribution in [3.63, 3.8) is 0 Å². The van der Waals surface area contributed by atoms with Gasteiger partial charge in [-0.25, -0.2) is 4.98 Å². The molecule has 0 amide bonds. The molecule has 0 spiro atoms. The largest absolute Gasteiger partial charge is 0.481 e. The van der Waals surface area contributed by atoms with E-state index in [2.05, 4.69) is 4.98 Å². The van der Waals surface area contributed by atoms with Crippen molar-refractivity contribution in [3.8, 4) is 0 Å². The molecular formula is C10H10N2O3. The van der Waals surface area contributed by atoms with Crippen LogP contribution in [0.25, 0.3) is 0 Å². The molecule has 0 saturated heterocycles. The second-order valence-electron chi connectivity index (χ2n) is 3.19. The molecule has 2 rings (SSSR count). The fraction of sp³-hybridized carbons (Fsp3) is 0.200. The van der Waals surface area contributed by atoms with Gasteiger partial charge in [-0.15, -0.1) is 0 Å². The van der Waals surface area contributed by atoms with Crippen LogP contribution in [0.3, 0.4) is 0 Å². The first-order valence-electron chi connectivity index (χ1n) is 4.49. The van der Waals surface area contributed by atoms with E-state index in [0.29, 0.717) is 12.2 Å². The Morgan fingerprint density at radius 2 is 2.47 bits per heavy atom. The first kappa shape index (κ1) is 9.51. The maximum Gasteiger partial charge on any atom is 0.309 e. The third-order valence-corrected chi connectivity index (χ3v) is 1.94. The molecule has 0 aliphatic rings. The van der Waals surface area contributed by atoms with Crippen LogP contribution in [0.4, 0.5) is 0 Å². The van der Waals surface area contributed by atoms with Crippen molar-refractivity contribution in [2.45, 2.75) is 13.0 Å². The maximum atomic E-state index is 10.4. The molecule has 0 aromatic carbocycles. The number of carboxylic acids is 1. The zero-order valence-electron chi connectivity index (χ0n) is 7.96. The van der Waals surface area contributed by atoms with Crippen LogP contribution in [-0.2, 0) is 17.8 Å². The Labute approximate surface area is 86.0 Å². The zero-order valence-corrected chi connectivity index (χ0v) is 7.96. The SMILES string of the molecule is O=C(O)Cc1cn(Cc2ccco2)cn1. The summed E-state index contributed by atoms with van der Waals surface area (Å²) in [5.74, 6) is -0.0625. The number of nitrogens with zero attached hydrogens (tertiary/aromatic N) is 2. The molecule has 0 unspecified atom stereocenters. The van der Waals surface area contributed by atoms with Crippen molar-refractivity contribution >= 4 is 5.97 Å². The highest BCUT2D eigenvalue weighted by molar-refractivity contribution is 5.69. The Balaban J connectivity index is 2.04. The summed E-state index contributed by atoms with van der Waals surface area (Å²) in [6.07, 6.45) is 4.85. The van der Waals surface area contributed by atoms with Gasteiger partial charge in [0.15, 0.2) is 0 Å². The van der Waals surface area contributed by atoms with E-state index in [4.69, 9.17) is 9.52 Å². The molecule has 15 heavy (non-hydrogen) atoms. The lowest BCUT2D eigenvalue weighted by atomic mass is 10.3. The maximum absolute atomic E-state index is 10.4. The molecule has 2 heterocycles. The number of rotatable bonds is 4. The van der Waals surface area contributed by atoms with Gasteiger partial charge < -0.3 is 14.1 Å². The van der Waals surface area contributed by atoms with Crippen molar-refractivity contribution in [2.75, 3.05) is 0 Å². The van der Waals surface area contributed by atoms with Crippen molar-refractivity contribution in [1.82, 2.24) is 9.55 Å². The average molecular weight is 206 g/mol. The molecule has 5 heteroatoms. The van der Waals surface area contributed by atoms with Gasteiger partial charge in [-0.2, -0.15) is 0 Å². The normalized spacial score (nSPS) is 10.4. The first-order chi connectivity index (χ1) is 7.24. The van der Waals surface area contributed by atoms with Crippen molar-refractivity contribution in [3.05, 3.63) is 42.4 Å². The summed E-state index contributed by atoms with van der Waals surface area (Å²) in [7, 11) is 0. The number of carbonyl (C=O) groups is 1. The van der Waals surface area contributed by atoms with Gasteiger partial charge in [0.2, 0.25) is 0 Å². The van der Waals surface area contributed by atoms with E-state index in [-0.39, 0.29) is 6.42 Å². The summed E-state index contributed by atoms with van der Waals surface area (Å²) in [6.45, 7) is 0.569. The fourth-order valence-corrected chi connectivity index (χ4v) is 1.32. The highest BCUT2D eigenvalue weighted by Gasteiger charge is 2.04. The van der Waals surface area contributed by atoms with Gasteiger partial charge in [-0.3, -0.25) is 4.79 Å². The van der Waals surface area contributed by atoms with Crippen LogP contribution in [0.5, 0.6) is 0 Å². The Bertz CT molecular complexity index is 445. The molecule has 2 aromatic rings. The molecule has 0 aliphatic heterocycles. The second kappa shape index (κ2) is 4.00. The highest BCUT2D eigenvalue weighted by Crippen LogP contribution is 2.05. The summed E-state index contributed by atoms with van der Waals surface area (Å²) in [6, 6.07) is 3.67. The van der Waals surface area contributed by atoms with E-state index in [1.807, 2.05) is 12.1 Å². The predicted octanol–water partition coefficient (Wildman–Crippen LogP) is 1.15. The van der Waals surface area contributed by atoms with Gasteiger partial charge in [0.25, 0.3) is 0 Å². The van der Waals surface area contributed by atoms with Gasteiger partial charge in [-0.1, -0.05) is 0 Å². The van der Waals surface area contributed by atoms with Crippen LogP contribution < -0.4 is 0 Å². The first-order valence-corrected chi connectivity index (χ1v) is 4.49. The van der Waals surface area contributed by atoms with E-state index in [1.165, 1.54) is 0 Å². The number of aliphatic carboxylic acids is 1. The minimum Gasteiger partial charge on any atom is -0.481 e. The minimum absolute atomic E-state index is 0.0504. The Morgan fingerprint density at radius 3 is 3.13 bits per heavy atom. The van der Waals surface area contributed by atoms with Crippen LogP contribution in [-0.4, -0.2) is 20.6 Å². The third-order valence-electron chi connectivity index (χ3n) is 1.94. The van der Waals surface area contributed by atoms with E-state index in [0.717, 1.165) is 5.76 Å². The number of carboxylic acid groups (broad SMARTS) is 1. The minimum atomic E-state index is -0.877. The number of hydrogen-bond acceptors (Lipinski definition) is 3. The van der Waals surface area contributed by atoms with E-state index in [9.17, 15) is 4.79 Å². The smallest absolute Gasteiger partial charge is 0.309 e. The number of furan rings is 1. The standard InChI is InChI=1S/C10H10N2O3/c13-10(14)4-8-5-12(7-11-8)6-9-2-1-3-15-9/h1-3,5,7H,4,6H2,(H,13,14). The van der Waals surface area contributed by atoms with Crippen molar-refractivity contribution < 1.29 is 14.3 Å². The average Bonchev–Trinajstić information content (AvgIpc) is 2.77. The predicted molar refractivity (Wildman–Crippen MR) is 51.4 cm³/mol. The van der Waals surface area contributed by atoms with Crippen LogP contribution in [0.1, 0.15) is 11.5 Å². The monoisotopic (exact) mass is 206 g/mol. The van der Waals surface area contributed by atoms with Crippen LogP contribution in [0, 0.1) is 0 Å². The molecule has 2 aromatic heterocycles. The Morgan fingerprint density at radius 1 is 1.60 bits per heavy atom. The van der Waals surface area contributed by atoms with Gasteiger partial charge in [-0.05, 0) is 12.1 Å². The van der Waals surface area contributed by atoms with Crippen molar-refractivity contribution in [1.29, 1.82) is 0 Å². The van der Waals surface area contributed by atoms with Crippen LogP contribution in [0.15, 0.2) is 35.3 Å². The summed E-state index contributed by atoms with van der Waals surface area (Å²) >= 11 is 0. The van der Waals surface area contributed by atoms with E-state index >= 15 is 0 Å². The number of aromatic nitrogens is 2. The Kier molecular flexibility index (Phi) is 2.53. The molecule has 78 valence electrons. The molecule has 1 N–H and O–H groups in total. The van der Waals surface area contributed by atoms with Gasteiger partial charge >= 0.3 is 5.97 Å². The highest BCUT2D eigenvalue weighted by atomic mass is 16.4. The van der Waals surface area contributed by atoms with Crippen LogP contribution >= 0.6 is 0 Å². The zero-order chi connectivity index (χ0) is 10.7. The summed E-state index contributed by atoms with van der Waals surface area (Å²) in [5, 5.41) is 8.57. The molecule has 0 saturated carbocycles. The second-order valence-corrected chi connectivity index (χ2v) is 3.19. The number of hydrogen-bond donors (Lipinski definition) is 1. The molecular weight excluding hydrogens is 196 g/mol. The van der Waals surface area contributed by atoms with Crippen LogP contribution in [0.2, 0.25) is 0 Å². The quantitative estimate of drug-likeness (QED) is 0.814. The molecule has 0 fully saturated rings. The number of imidazole rings is 1.